The lowest BCUT2D eigenvalue weighted by molar-refractivity contribution is 0.0671. The van der Waals surface area contributed by atoms with Crippen molar-refractivity contribution in [1.29, 1.82) is 0 Å². The summed E-state index contributed by atoms with van der Waals surface area (Å²) in [4.78, 5) is 13.8. The minimum atomic E-state index is -0.0983. The lowest BCUT2D eigenvalue weighted by Crippen LogP contribution is -2.43. The van der Waals surface area contributed by atoms with E-state index < -0.39 is 0 Å². The molecule has 1 aromatic heterocycles. The van der Waals surface area contributed by atoms with Gasteiger partial charge in [0.1, 0.15) is 0 Å². The molecule has 0 radical (unpaired) electrons. The van der Waals surface area contributed by atoms with Crippen LogP contribution < -0.4 is 5.32 Å². The van der Waals surface area contributed by atoms with Crippen molar-refractivity contribution < 1.29 is 9.21 Å². The highest BCUT2D eigenvalue weighted by molar-refractivity contribution is 6.29. The molecule has 0 unspecified atom stereocenters. The number of nitrogens with one attached hydrogen (secondary N) is 1. The Morgan fingerprint density at radius 2 is 2.12 bits per heavy atom. The number of halogens is 2. The summed E-state index contributed by atoms with van der Waals surface area (Å²) in [6.45, 7) is 1.92. The molecular weight excluding hydrogens is 263 g/mol. The number of hydrogen-bond donors (Lipinski definition) is 1. The molecule has 0 spiro atoms. The van der Waals surface area contributed by atoms with Gasteiger partial charge in [0.2, 0.25) is 0 Å². The minimum absolute atomic E-state index is 0. The second kappa shape index (κ2) is 6.28. The Labute approximate surface area is 112 Å². The molecule has 0 aromatic carbocycles. The van der Waals surface area contributed by atoms with Gasteiger partial charge in [0.25, 0.3) is 5.91 Å². The fourth-order valence-corrected chi connectivity index (χ4v) is 2.11. The molecule has 17 heavy (non-hydrogen) atoms. The predicted molar refractivity (Wildman–Crippen MR) is 69.0 cm³/mol. The van der Waals surface area contributed by atoms with Crippen molar-refractivity contribution in [3.8, 4) is 0 Å². The van der Waals surface area contributed by atoms with E-state index in [0.717, 1.165) is 25.9 Å². The van der Waals surface area contributed by atoms with Gasteiger partial charge < -0.3 is 14.6 Å². The molecule has 0 aliphatic carbocycles. The first kappa shape index (κ1) is 14.4. The zero-order valence-electron chi connectivity index (χ0n) is 9.61. The molecule has 0 bridgehead atoms. The largest absolute Gasteiger partial charge is 0.440 e. The third-order valence-corrected chi connectivity index (χ3v) is 3.16. The summed E-state index contributed by atoms with van der Waals surface area (Å²) in [5.41, 5.74) is 0. The van der Waals surface area contributed by atoms with Crippen LogP contribution in [0.4, 0.5) is 0 Å². The highest BCUT2D eigenvalue weighted by Gasteiger charge is 2.24. The summed E-state index contributed by atoms with van der Waals surface area (Å²) in [6, 6.07) is 3.49. The van der Waals surface area contributed by atoms with Crippen LogP contribution in [0.2, 0.25) is 5.22 Å². The molecule has 1 aromatic rings. The van der Waals surface area contributed by atoms with Gasteiger partial charge in [0, 0.05) is 13.1 Å². The summed E-state index contributed by atoms with van der Waals surface area (Å²) in [6.07, 6.45) is 1.97. The number of hydrogen-bond acceptors (Lipinski definition) is 3. The van der Waals surface area contributed by atoms with Crippen molar-refractivity contribution in [1.82, 2.24) is 10.2 Å². The van der Waals surface area contributed by atoms with E-state index in [2.05, 4.69) is 5.32 Å². The molecular formula is C11H16Cl2N2O2. The van der Waals surface area contributed by atoms with E-state index >= 15 is 0 Å². The van der Waals surface area contributed by atoms with Crippen molar-refractivity contribution in [2.75, 3.05) is 20.1 Å². The van der Waals surface area contributed by atoms with Crippen LogP contribution in [0.5, 0.6) is 0 Å². The summed E-state index contributed by atoms with van der Waals surface area (Å²) in [7, 11) is 1.81. The summed E-state index contributed by atoms with van der Waals surface area (Å²) in [5.74, 6) is 0.213. The van der Waals surface area contributed by atoms with Gasteiger partial charge in [-0.2, -0.15) is 0 Å². The average Bonchev–Trinajstić information content (AvgIpc) is 2.75. The maximum Gasteiger partial charge on any atom is 0.289 e. The van der Waals surface area contributed by atoms with E-state index in [9.17, 15) is 4.79 Å². The molecule has 1 aliphatic rings. The molecule has 2 rings (SSSR count). The van der Waals surface area contributed by atoms with Gasteiger partial charge in [0.15, 0.2) is 11.0 Å². The predicted octanol–water partition coefficient (Wildman–Crippen LogP) is 2.18. The fraction of sp³-hybridized carbons (Fsp3) is 0.545. The molecule has 1 fully saturated rings. The molecule has 96 valence electrons. The van der Waals surface area contributed by atoms with Gasteiger partial charge in [-0.25, -0.2) is 0 Å². The Morgan fingerprint density at radius 3 is 2.65 bits per heavy atom. The second-order valence-corrected chi connectivity index (χ2v) is 4.37. The molecule has 0 atom stereocenters. The quantitative estimate of drug-likeness (QED) is 0.902. The Morgan fingerprint density at radius 1 is 1.47 bits per heavy atom. The van der Waals surface area contributed by atoms with Crippen LogP contribution in [0.15, 0.2) is 16.5 Å². The van der Waals surface area contributed by atoms with Gasteiger partial charge in [0.05, 0.1) is 0 Å². The number of rotatable bonds is 2. The number of amides is 1. The first-order valence-electron chi connectivity index (χ1n) is 5.41. The Balaban J connectivity index is 0.00000144. The number of piperidine rings is 1. The lowest BCUT2D eigenvalue weighted by atomic mass is 10.1. The van der Waals surface area contributed by atoms with E-state index in [0.29, 0.717) is 5.76 Å². The van der Waals surface area contributed by atoms with E-state index in [1.54, 1.807) is 17.0 Å². The van der Waals surface area contributed by atoms with Crippen molar-refractivity contribution in [2.24, 2.45) is 0 Å². The van der Waals surface area contributed by atoms with Gasteiger partial charge in [-0.3, -0.25) is 4.79 Å². The van der Waals surface area contributed by atoms with E-state index in [1.807, 2.05) is 7.05 Å². The van der Waals surface area contributed by atoms with Gasteiger partial charge in [-0.05, 0) is 49.7 Å². The van der Waals surface area contributed by atoms with Crippen molar-refractivity contribution in [3.05, 3.63) is 23.1 Å². The van der Waals surface area contributed by atoms with Crippen molar-refractivity contribution >= 4 is 29.9 Å². The van der Waals surface area contributed by atoms with Crippen LogP contribution in [0, 0.1) is 0 Å². The van der Waals surface area contributed by atoms with Crippen LogP contribution in [0.1, 0.15) is 23.4 Å². The topological polar surface area (TPSA) is 45.5 Å². The van der Waals surface area contributed by atoms with Crippen LogP contribution in [-0.2, 0) is 0 Å². The third-order valence-electron chi connectivity index (χ3n) is 2.96. The molecule has 2 heterocycles. The molecule has 4 nitrogen and oxygen atoms in total. The molecule has 1 N–H and O–H groups in total. The smallest absolute Gasteiger partial charge is 0.289 e. The molecule has 1 aliphatic heterocycles. The van der Waals surface area contributed by atoms with Crippen LogP contribution >= 0.6 is 24.0 Å². The molecule has 6 heteroatoms. The number of carbonyl (C=O) groups is 1. The summed E-state index contributed by atoms with van der Waals surface area (Å²) >= 11 is 5.65. The second-order valence-electron chi connectivity index (χ2n) is 4.00. The number of carbonyl (C=O) groups excluding carboxylic acids is 1. The Kier molecular flexibility index (Phi) is 5.31. The van der Waals surface area contributed by atoms with Crippen molar-refractivity contribution in [3.63, 3.8) is 0 Å². The van der Waals surface area contributed by atoms with Gasteiger partial charge in [-0.15, -0.1) is 12.4 Å². The highest BCUT2D eigenvalue weighted by atomic mass is 35.5. The van der Waals surface area contributed by atoms with E-state index in [1.165, 1.54) is 0 Å². The lowest BCUT2D eigenvalue weighted by Gasteiger charge is -2.31. The first-order valence-corrected chi connectivity index (χ1v) is 5.79. The van der Waals surface area contributed by atoms with Crippen LogP contribution in [-0.4, -0.2) is 37.0 Å². The maximum atomic E-state index is 12.0. The molecule has 0 saturated carbocycles. The van der Waals surface area contributed by atoms with E-state index in [-0.39, 0.29) is 29.6 Å². The van der Waals surface area contributed by atoms with Gasteiger partial charge >= 0.3 is 0 Å². The number of furan rings is 1. The monoisotopic (exact) mass is 278 g/mol. The Bertz CT molecular complexity index is 375. The summed E-state index contributed by atoms with van der Waals surface area (Å²) in [5, 5.41) is 3.52. The zero-order chi connectivity index (χ0) is 11.5. The van der Waals surface area contributed by atoms with Gasteiger partial charge in [-0.1, -0.05) is 0 Å². The standard InChI is InChI=1S/C11H15ClN2O2.ClH/c1-14(8-4-6-13-7-5-8)11(15)9-2-3-10(12)16-9;/h2-3,8,13H,4-7H2,1H3;1H. The Hall–Kier alpha value is -0.710. The van der Waals surface area contributed by atoms with E-state index in [4.69, 9.17) is 16.0 Å². The fourth-order valence-electron chi connectivity index (χ4n) is 1.96. The first-order chi connectivity index (χ1) is 7.68. The van der Waals surface area contributed by atoms with Crippen molar-refractivity contribution in [2.45, 2.75) is 18.9 Å². The zero-order valence-corrected chi connectivity index (χ0v) is 11.2. The average molecular weight is 279 g/mol. The third kappa shape index (κ3) is 3.37. The summed E-state index contributed by atoms with van der Waals surface area (Å²) < 4.78 is 5.12. The van der Waals surface area contributed by atoms with Crippen LogP contribution in [0.3, 0.4) is 0 Å². The van der Waals surface area contributed by atoms with Crippen LogP contribution in [0.25, 0.3) is 0 Å². The minimum Gasteiger partial charge on any atom is -0.440 e. The highest BCUT2D eigenvalue weighted by Crippen LogP contribution is 2.17. The number of nitrogens with zero attached hydrogens (tertiary/aromatic N) is 1. The molecule has 1 saturated heterocycles. The molecule has 1 amide bonds. The SMILES string of the molecule is CN(C(=O)c1ccc(Cl)o1)C1CCNCC1.Cl. The normalized spacial score (nSPS) is 16.4. The maximum absolute atomic E-state index is 12.0.